The number of aromatic nitrogens is 5. The Hall–Kier alpha value is -2.49. The van der Waals surface area contributed by atoms with Gasteiger partial charge in [0.05, 0.1) is 6.42 Å². The molecule has 2 aromatic rings. The molecule has 3 atom stereocenters. The van der Waals surface area contributed by atoms with E-state index in [0.29, 0.717) is 5.82 Å². The molecule has 0 saturated carbocycles. The Balaban J connectivity index is 1.46. The van der Waals surface area contributed by atoms with Crippen LogP contribution in [0.4, 0.5) is 0 Å². The van der Waals surface area contributed by atoms with Gasteiger partial charge in [0.1, 0.15) is 17.5 Å². The van der Waals surface area contributed by atoms with E-state index in [1.54, 1.807) is 35.1 Å². The van der Waals surface area contributed by atoms with Crippen LogP contribution < -0.4 is 5.32 Å². The summed E-state index contributed by atoms with van der Waals surface area (Å²) in [7, 11) is 0. The lowest BCUT2D eigenvalue weighted by Crippen LogP contribution is -2.68. The standard InChI is InChI=1S/C15H17N7O2S/c1-15(2)11(12-18-20-21-19-12)22-13(24)10(14(22)25-15)17-9(23)6-8-4-3-5-16-7-8/h3-5,7,10-11,14H,6H2,1-2H3,(H,17,23)(H,18,19,20,21)/t10?,11?,14-/m0/s1. The molecule has 10 heteroatoms. The molecular weight excluding hydrogens is 342 g/mol. The van der Waals surface area contributed by atoms with E-state index in [1.165, 1.54) is 0 Å². The van der Waals surface area contributed by atoms with Crippen molar-refractivity contribution in [3.8, 4) is 0 Å². The van der Waals surface area contributed by atoms with E-state index in [1.807, 2.05) is 19.9 Å². The van der Waals surface area contributed by atoms with Crippen LogP contribution in [0.5, 0.6) is 0 Å². The van der Waals surface area contributed by atoms with Crippen molar-refractivity contribution in [3.05, 3.63) is 35.9 Å². The van der Waals surface area contributed by atoms with Gasteiger partial charge in [0.2, 0.25) is 11.8 Å². The molecule has 0 aliphatic carbocycles. The van der Waals surface area contributed by atoms with Gasteiger partial charge in [-0.2, -0.15) is 0 Å². The van der Waals surface area contributed by atoms with E-state index >= 15 is 0 Å². The van der Waals surface area contributed by atoms with Gasteiger partial charge in [-0.15, -0.1) is 16.9 Å². The van der Waals surface area contributed by atoms with Gasteiger partial charge in [-0.3, -0.25) is 14.6 Å². The minimum absolute atomic E-state index is 0.107. The molecule has 25 heavy (non-hydrogen) atoms. The van der Waals surface area contributed by atoms with Gasteiger partial charge in [0, 0.05) is 17.1 Å². The van der Waals surface area contributed by atoms with Gasteiger partial charge in [0.15, 0.2) is 5.82 Å². The number of H-pyrrole nitrogens is 1. The summed E-state index contributed by atoms with van der Waals surface area (Å²) in [6.45, 7) is 4.09. The second-order valence-corrected chi connectivity index (χ2v) is 8.40. The average Bonchev–Trinajstić information content (AvgIpc) is 3.18. The molecule has 2 fully saturated rings. The molecule has 2 saturated heterocycles. The van der Waals surface area contributed by atoms with Crippen LogP contribution in [0, 0.1) is 0 Å². The molecule has 9 nitrogen and oxygen atoms in total. The van der Waals surface area contributed by atoms with Crippen molar-refractivity contribution in [1.29, 1.82) is 0 Å². The summed E-state index contributed by atoms with van der Waals surface area (Å²) in [6.07, 6.45) is 3.51. The first kappa shape index (κ1) is 16.0. The number of carbonyl (C=O) groups is 2. The van der Waals surface area contributed by atoms with Crippen LogP contribution in [0.15, 0.2) is 24.5 Å². The monoisotopic (exact) mass is 359 g/mol. The van der Waals surface area contributed by atoms with Crippen LogP contribution in [0.2, 0.25) is 0 Å². The van der Waals surface area contributed by atoms with Gasteiger partial charge in [0.25, 0.3) is 0 Å². The summed E-state index contributed by atoms with van der Waals surface area (Å²) in [5.41, 5.74) is 0.814. The highest BCUT2D eigenvalue weighted by Gasteiger charge is 2.63. The predicted molar refractivity (Wildman–Crippen MR) is 89.1 cm³/mol. The fourth-order valence-electron chi connectivity index (χ4n) is 3.38. The highest BCUT2D eigenvalue weighted by atomic mass is 32.2. The molecule has 4 heterocycles. The molecule has 0 radical (unpaired) electrons. The van der Waals surface area contributed by atoms with Crippen LogP contribution in [-0.4, -0.2) is 58.5 Å². The number of amides is 2. The van der Waals surface area contributed by atoms with Crippen LogP contribution in [0.1, 0.15) is 31.3 Å². The third kappa shape index (κ3) is 2.66. The summed E-state index contributed by atoms with van der Waals surface area (Å²) in [4.78, 5) is 30.6. The van der Waals surface area contributed by atoms with Gasteiger partial charge in [-0.25, -0.2) is 5.10 Å². The summed E-state index contributed by atoms with van der Waals surface area (Å²) >= 11 is 1.65. The minimum atomic E-state index is -0.519. The normalized spacial score (nSPS) is 26.9. The molecule has 2 amide bonds. The molecule has 0 aromatic carbocycles. The lowest BCUT2D eigenvalue weighted by atomic mass is 9.95. The Morgan fingerprint density at radius 3 is 3.00 bits per heavy atom. The Bertz CT molecular complexity index is 795. The lowest BCUT2D eigenvalue weighted by molar-refractivity contribution is -0.151. The van der Waals surface area contributed by atoms with E-state index in [2.05, 4.69) is 30.9 Å². The van der Waals surface area contributed by atoms with E-state index in [-0.39, 0.29) is 34.4 Å². The summed E-state index contributed by atoms with van der Waals surface area (Å²) in [6, 6.07) is 2.86. The highest BCUT2D eigenvalue weighted by molar-refractivity contribution is 8.01. The molecule has 2 N–H and O–H groups in total. The number of aromatic amines is 1. The molecule has 0 spiro atoms. The fraction of sp³-hybridized carbons (Fsp3) is 0.467. The second kappa shape index (κ2) is 5.80. The smallest absolute Gasteiger partial charge is 0.249 e. The fourth-order valence-corrected chi connectivity index (χ4v) is 5.02. The Morgan fingerprint density at radius 2 is 2.32 bits per heavy atom. The van der Waals surface area contributed by atoms with Gasteiger partial charge < -0.3 is 10.2 Å². The van der Waals surface area contributed by atoms with Crippen LogP contribution in [-0.2, 0) is 16.0 Å². The van der Waals surface area contributed by atoms with Crippen LogP contribution in [0.25, 0.3) is 0 Å². The lowest BCUT2D eigenvalue weighted by Gasteiger charge is -2.44. The summed E-state index contributed by atoms with van der Waals surface area (Å²) in [5.74, 6) is 0.270. The van der Waals surface area contributed by atoms with Crippen LogP contribution >= 0.6 is 11.8 Å². The highest BCUT2D eigenvalue weighted by Crippen LogP contribution is 2.56. The number of hydrogen-bond acceptors (Lipinski definition) is 7. The van der Waals surface area contributed by atoms with Crippen molar-refractivity contribution in [2.75, 3.05) is 0 Å². The van der Waals surface area contributed by atoms with E-state index in [9.17, 15) is 9.59 Å². The van der Waals surface area contributed by atoms with E-state index in [4.69, 9.17) is 0 Å². The first-order valence-corrected chi connectivity index (χ1v) is 8.77. The largest absolute Gasteiger partial charge is 0.341 e. The number of fused-ring (bicyclic) bond motifs is 1. The number of thioether (sulfide) groups is 1. The number of nitrogens with one attached hydrogen (secondary N) is 2. The number of carbonyl (C=O) groups excluding carboxylic acids is 2. The number of tetrazole rings is 1. The molecule has 0 bridgehead atoms. The summed E-state index contributed by atoms with van der Waals surface area (Å²) in [5, 5.41) is 16.7. The number of pyridine rings is 1. The SMILES string of the molecule is CC1(C)S[C@H]2C(NC(=O)Cc3cccnc3)C(=O)N2C1c1nnn[nH]1. The number of nitrogens with zero attached hydrogens (tertiary/aromatic N) is 5. The van der Waals surface area contributed by atoms with Crippen molar-refractivity contribution in [3.63, 3.8) is 0 Å². The third-order valence-corrected chi connectivity index (χ3v) is 6.04. The van der Waals surface area contributed by atoms with Gasteiger partial charge in [-0.05, 0) is 35.9 Å². The molecular formula is C15H17N7O2S. The maximum atomic E-state index is 12.6. The predicted octanol–water partition coefficient (Wildman–Crippen LogP) is 0.0570. The Kier molecular flexibility index (Phi) is 3.71. The molecule has 2 aliphatic heterocycles. The second-order valence-electron chi connectivity index (χ2n) is 6.63. The van der Waals surface area contributed by atoms with Gasteiger partial charge in [-0.1, -0.05) is 6.07 Å². The molecule has 130 valence electrons. The third-order valence-electron chi connectivity index (χ3n) is 4.47. The average molecular weight is 359 g/mol. The first-order chi connectivity index (χ1) is 12.0. The van der Waals surface area contributed by atoms with E-state index in [0.717, 1.165) is 5.56 Å². The Labute approximate surface area is 148 Å². The topological polar surface area (TPSA) is 117 Å². The zero-order chi connectivity index (χ0) is 17.6. The molecule has 2 unspecified atom stereocenters. The minimum Gasteiger partial charge on any atom is -0.341 e. The van der Waals surface area contributed by atoms with Gasteiger partial charge >= 0.3 is 0 Å². The van der Waals surface area contributed by atoms with Crippen molar-refractivity contribution < 1.29 is 9.59 Å². The zero-order valence-electron chi connectivity index (χ0n) is 13.7. The van der Waals surface area contributed by atoms with Crippen molar-refractivity contribution in [1.82, 2.24) is 35.8 Å². The number of β-lactam (4-membered cyclic amide) rings is 1. The van der Waals surface area contributed by atoms with E-state index < -0.39 is 6.04 Å². The van der Waals surface area contributed by atoms with Crippen molar-refractivity contribution in [2.24, 2.45) is 0 Å². The van der Waals surface area contributed by atoms with Crippen molar-refractivity contribution in [2.45, 2.75) is 42.5 Å². The summed E-state index contributed by atoms with van der Waals surface area (Å²) < 4.78 is -0.260. The molecule has 2 aromatic heterocycles. The first-order valence-electron chi connectivity index (χ1n) is 7.89. The zero-order valence-corrected chi connectivity index (χ0v) is 14.5. The number of rotatable bonds is 4. The molecule has 2 aliphatic rings. The maximum Gasteiger partial charge on any atom is 0.249 e. The van der Waals surface area contributed by atoms with Crippen LogP contribution in [0.3, 0.4) is 0 Å². The quantitative estimate of drug-likeness (QED) is 0.741. The number of hydrogen-bond donors (Lipinski definition) is 2. The maximum absolute atomic E-state index is 12.6. The molecule has 4 rings (SSSR count). The Morgan fingerprint density at radius 1 is 1.48 bits per heavy atom. The van der Waals surface area contributed by atoms with Crippen molar-refractivity contribution >= 4 is 23.6 Å².